The highest BCUT2D eigenvalue weighted by Gasteiger charge is 2.37. The summed E-state index contributed by atoms with van der Waals surface area (Å²) in [7, 11) is 0. The van der Waals surface area contributed by atoms with Gasteiger partial charge in [-0.15, -0.1) is 0 Å². The molecular weight excluding hydrogens is 1030 g/mol. The van der Waals surface area contributed by atoms with Crippen LogP contribution in [0, 0.1) is 23.4 Å². The first-order valence-electron chi connectivity index (χ1n) is 28.6. The summed E-state index contributed by atoms with van der Waals surface area (Å²) in [6.07, 6.45) is 9.80. The first kappa shape index (κ1) is 56.3. The van der Waals surface area contributed by atoms with Crippen molar-refractivity contribution < 1.29 is 41.9 Å². The summed E-state index contributed by atoms with van der Waals surface area (Å²) in [5.41, 5.74) is 2.67. The summed E-state index contributed by atoms with van der Waals surface area (Å²) in [4.78, 5) is 90.4. The molecule has 1 aliphatic carbocycles. The third kappa shape index (κ3) is 13.8. The number of amides is 5. The van der Waals surface area contributed by atoms with Crippen LogP contribution in [0.4, 0.5) is 13.2 Å². The van der Waals surface area contributed by atoms with Crippen LogP contribution in [0.5, 0.6) is 0 Å². The fraction of sp³-hybridized carbons (Fsp3) is 0.492. The summed E-state index contributed by atoms with van der Waals surface area (Å²) in [5.74, 6) is -2.77. The number of hydrogen-bond donors (Lipinski definition) is 3. The van der Waals surface area contributed by atoms with Crippen molar-refractivity contribution in [1.82, 2.24) is 45.3 Å². The van der Waals surface area contributed by atoms with Crippen molar-refractivity contribution in [2.45, 2.75) is 108 Å². The number of nitrogens with zero attached hydrogens (tertiary/aromatic N) is 6. The summed E-state index contributed by atoms with van der Waals surface area (Å²) in [6.45, 7) is 5.21. The van der Waals surface area contributed by atoms with E-state index in [9.17, 15) is 37.5 Å². The number of rotatable bonds is 16. The lowest BCUT2D eigenvalue weighted by Gasteiger charge is -2.40. The minimum atomic E-state index is -0.661. The molecule has 2 unspecified atom stereocenters. The predicted molar refractivity (Wildman–Crippen MR) is 295 cm³/mol. The molecule has 2 atom stereocenters. The van der Waals surface area contributed by atoms with E-state index in [-0.39, 0.29) is 97.1 Å². The molecule has 1 saturated carbocycles. The normalized spacial score (nSPS) is 19.5. The van der Waals surface area contributed by atoms with Crippen LogP contribution in [0.25, 0.3) is 10.8 Å². The first-order valence-corrected chi connectivity index (χ1v) is 28.6. The van der Waals surface area contributed by atoms with Crippen LogP contribution >= 0.6 is 0 Å². The number of fused-ring (bicyclic) bond motifs is 1. The number of likely N-dealkylation sites (tertiary alicyclic amines) is 3. The Kier molecular flexibility index (Phi) is 18.4. The van der Waals surface area contributed by atoms with Gasteiger partial charge in [-0.1, -0.05) is 61.7 Å². The van der Waals surface area contributed by atoms with Gasteiger partial charge in [0.05, 0.1) is 41.9 Å². The quantitative estimate of drug-likeness (QED) is 0.0980. The van der Waals surface area contributed by atoms with E-state index in [2.05, 4.69) is 25.7 Å². The Morgan fingerprint density at radius 1 is 0.662 bits per heavy atom. The van der Waals surface area contributed by atoms with Gasteiger partial charge in [0.15, 0.2) is 0 Å². The molecule has 4 aliphatic heterocycles. The predicted octanol–water partition coefficient (Wildman–Crippen LogP) is 6.56. The van der Waals surface area contributed by atoms with E-state index in [0.29, 0.717) is 99.2 Å². The average molecular weight is 1100 g/mol. The Balaban J connectivity index is 0.651. The second-order valence-electron chi connectivity index (χ2n) is 22.3. The zero-order valence-corrected chi connectivity index (χ0v) is 45.3. The van der Waals surface area contributed by atoms with Crippen LogP contribution in [0.3, 0.4) is 0 Å². The Labute approximate surface area is 464 Å². The third-order valence-electron chi connectivity index (χ3n) is 17.0. The fourth-order valence-electron chi connectivity index (χ4n) is 12.4. The highest BCUT2D eigenvalue weighted by molar-refractivity contribution is 5.98. The number of carbonyl (C=O) groups excluding carboxylic acids is 5. The van der Waals surface area contributed by atoms with Gasteiger partial charge < -0.3 is 35.0 Å². The van der Waals surface area contributed by atoms with Gasteiger partial charge in [-0.25, -0.2) is 18.3 Å². The number of nitrogens with one attached hydrogen (secondary N) is 3. The maximum atomic E-state index is 15.1. The Hall–Kier alpha value is -6.96. The third-order valence-corrected chi connectivity index (χ3v) is 17.0. The number of piperidine rings is 3. The number of aromatic amines is 1. The minimum Gasteiger partial charge on any atom is -0.375 e. The number of aromatic nitrogens is 2. The molecule has 80 heavy (non-hydrogen) atoms. The van der Waals surface area contributed by atoms with Crippen molar-refractivity contribution in [3.63, 3.8) is 0 Å². The number of carbonyl (C=O) groups is 5. The van der Waals surface area contributed by atoms with Crippen LogP contribution in [0.15, 0.2) is 89.7 Å². The summed E-state index contributed by atoms with van der Waals surface area (Å²) >= 11 is 0. The van der Waals surface area contributed by atoms with Gasteiger partial charge in [0.2, 0.25) is 17.7 Å². The highest BCUT2D eigenvalue weighted by atomic mass is 19.1. The highest BCUT2D eigenvalue weighted by Crippen LogP contribution is 2.31. The molecule has 3 N–H and O–H groups in total. The molecule has 5 heterocycles. The Morgan fingerprint density at radius 2 is 1.39 bits per heavy atom. The van der Waals surface area contributed by atoms with Gasteiger partial charge in [0.25, 0.3) is 17.4 Å². The number of H-pyrrole nitrogens is 1. The molecule has 19 heteroatoms. The number of halogens is 3. The van der Waals surface area contributed by atoms with E-state index < -0.39 is 29.4 Å². The number of piperazine rings is 1. The van der Waals surface area contributed by atoms with Crippen LogP contribution in [-0.2, 0) is 32.1 Å². The monoisotopic (exact) mass is 1100 g/mol. The maximum absolute atomic E-state index is 15.1. The molecule has 4 aromatic carbocycles. The van der Waals surface area contributed by atoms with E-state index in [1.54, 1.807) is 45.0 Å². The molecule has 5 aromatic rings. The minimum absolute atomic E-state index is 0.000973. The Morgan fingerprint density at radius 3 is 2.14 bits per heavy atom. The van der Waals surface area contributed by atoms with E-state index in [1.165, 1.54) is 18.2 Å². The first-order chi connectivity index (χ1) is 38.8. The lowest BCUT2D eigenvalue weighted by atomic mass is 9.83. The summed E-state index contributed by atoms with van der Waals surface area (Å²) in [5, 5.41) is 14.1. The van der Waals surface area contributed by atoms with Crippen LogP contribution in [0.1, 0.15) is 120 Å². The second-order valence-corrected chi connectivity index (χ2v) is 22.3. The van der Waals surface area contributed by atoms with Crippen molar-refractivity contribution in [2.75, 3.05) is 78.5 Å². The number of ether oxygens (including phenoxy) is 1. The number of benzene rings is 4. The van der Waals surface area contributed by atoms with Crippen molar-refractivity contribution in [2.24, 2.45) is 5.92 Å². The molecule has 1 aromatic heterocycles. The van der Waals surface area contributed by atoms with Crippen molar-refractivity contribution in [3.8, 4) is 0 Å². The van der Waals surface area contributed by atoms with E-state index in [0.717, 1.165) is 69.4 Å². The lowest BCUT2D eigenvalue weighted by Crippen LogP contribution is -2.55. The molecule has 10 rings (SSSR count). The van der Waals surface area contributed by atoms with Crippen LogP contribution < -0.4 is 16.2 Å². The van der Waals surface area contributed by atoms with Gasteiger partial charge in [-0.05, 0) is 105 Å². The summed E-state index contributed by atoms with van der Waals surface area (Å²) < 4.78 is 49.3. The molecule has 5 aliphatic rings. The molecule has 0 radical (unpaired) electrons. The smallest absolute Gasteiger partial charge is 0.272 e. The van der Waals surface area contributed by atoms with E-state index in [4.69, 9.17) is 4.74 Å². The van der Waals surface area contributed by atoms with Crippen molar-refractivity contribution in [3.05, 3.63) is 146 Å². The molecule has 16 nitrogen and oxygen atoms in total. The van der Waals surface area contributed by atoms with E-state index >= 15 is 4.39 Å². The molecule has 424 valence electrons. The average Bonchev–Trinajstić information content (AvgIpc) is 3.50. The van der Waals surface area contributed by atoms with Gasteiger partial charge in [0, 0.05) is 107 Å². The molecule has 5 fully saturated rings. The van der Waals surface area contributed by atoms with Crippen molar-refractivity contribution in [1.29, 1.82) is 0 Å². The van der Waals surface area contributed by atoms with Crippen LogP contribution in [0.2, 0.25) is 0 Å². The van der Waals surface area contributed by atoms with Gasteiger partial charge >= 0.3 is 0 Å². The zero-order valence-electron chi connectivity index (χ0n) is 45.3. The van der Waals surface area contributed by atoms with E-state index in [1.807, 2.05) is 35.2 Å². The molecule has 0 spiro atoms. The largest absolute Gasteiger partial charge is 0.375 e. The fourth-order valence-corrected chi connectivity index (χ4v) is 12.4. The molecule has 5 amide bonds. The topological polar surface area (TPSA) is 181 Å². The standard InChI is InChI=1S/C61H72F3N9O7/c62-46-17-16-44(53(64)35-46)36-65-37-55(74)73-23-7-12-45(38-73)42-10-6-11-43(34-42)58(76)66-57(41-8-2-1-3-9-41)61(79)71-26-21-48(22-27-71)80-47-19-24-69(25-20-47)39-56(75)70-28-30-72(31-29-70)60(78)51-32-40(15-18-52(51)63)33-54-49-13-4-5-14-50(49)59(77)68-67-54/h4-6,10-11,13-18,32,34-35,41,45,47-48,57,65H,1-3,7-9,12,19-31,33,36-39H2,(H,66,76)(H,68,77). The molecule has 0 bridgehead atoms. The Bertz CT molecular complexity index is 3090. The zero-order chi connectivity index (χ0) is 55.7. The number of hydrogen-bond acceptors (Lipinski definition) is 10. The lowest BCUT2D eigenvalue weighted by molar-refractivity contribution is -0.140. The van der Waals surface area contributed by atoms with Gasteiger partial charge in [0.1, 0.15) is 23.5 Å². The second kappa shape index (κ2) is 26.1. The van der Waals surface area contributed by atoms with Gasteiger partial charge in [-0.2, -0.15) is 5.10 Å². The maximum Gasteiger partial charge on any atom is 0.272 e. The van der Waals surface area contributed by atoms with Crippen LogP contribution in [-0.4, -0.2) is 161 Å². The van der Waals surface area contributed by atoms with Crippen molar-refractivity contribution >= 4 is 40.3 Å². The molecule has 4 saturated heterocycles. The SMILES string of the molecule is O=C(NC(C(=O)N1CCC(OC2CCN(CC(=O)N3CCN(C(=O)c4cc(Cc5n[nH]c(=O)c6ccccc56)ccc4F)CC3)CC2)CC1)C1CCCCC1)c1cccc(C2CCCN(C(=O)CNCc3ccc(F)cc3F)C2)c1. The summed E-state index contributed by atoms with van der Waals surface area (Å²) in [6, 6.07) is 21.8. The van der Waals surface area contributed by atoms with Gasteiger partial charge in [-0.3, -0.25) is 33.7 Å². The molecular formula is C61H72F3N9O7.